The van der Waals surface area contributed by atoms with Crippen LogP contribution in [-0.2, 0) is 6.42 Å². The zero-order valence-corrected chi connectivity index (χ0v) is 15.0. The van der Waals surface area contributed by atoms with Gasteiger partial charge in [0, 0.05) is 28.6 Å². The first kappa shape index (κ1) is 17.4. The van der Waals surface area contributed by atoms with Gasteiger partial charge in [0.2, 0.25) is 0 Å². The van der Waals surface area contributed by atoms with Gasteiger partial charge in [0.15, 0.2) is 12.1 Å². The fourth-order valence-electron chi connectivity index (χ4n) is 3.51. The highest BCUT2D eigenvalue weighted by Gasteiger charge is 2.22. The summed E-state index contributed by atoms with van der Waals surface area (Å²) in [6, 6.07) is 24.1. The van der Waals surface area contributed by atoms with Gasteiger partial charge < -0.3 is 4.40 Å². The molecule has 0 aliphatic heterocycles. The molecule has 0 amide bonds. The Morgan fingerprint density at radius 1 is 1.00 bits per heavy atom. The van der Waals surface area contributed by atoms with Gasteiger partial charge in [-0.15, -0.1) is 0 Å². The number of Topliss-reactive ketones (excluding diaryl/α,β-unsaturated/α-hetero) is 1. The van der Waals surface area contributed by atoms with Gasteiger partial charge in [-0.2, -0.15) is 5.26 Å². The lowest BCUT2D eigenvalue weighted by Gasteiger charge is -2.07. The molecule has 0 saturated carbocycles. The van der Waals surface area contributed by atoms with Crippen molar-refractivity contribution in [2.45, 2.75) is 6.42 Å². The Morgan fingerprint density at radius 2 is 1.68 bits per heavy atom. The zero-order valence-electron chi connectivity index (χ0n) is 15.0. The van der Waals surface area contributed by atoms with E-state index in [2.05, 4.69) is 6.07 Å². The number of nitrogens with zero attached hydrogens (tertiary/aromatic N) is 2. The summed E-state index contributed by atoms with van der Waals surface area (Å²) in [6.45, 7) is 0. The molecule has 2 aromatic carbocycles. The lowest BCUT2D eigenvalue weighted by Crippen LogP contribution is -2.07. The summed E-state index contributed by atoms with van der Waals surface area (Å²) < 4.78 is 1.84. The number of aromatic nitrogens is 1. The molecule has 28 heavy (non-hydrogen) atoms. The molecule has 4 nitrogen and oxygen atoms in total. The molecule has 0 bridgehead atoms. The van der Waals surface area contributed by atoms with Crippen LogP contribution in [0, 0.1) is 11.3 Å². The molecule has 0 spiro atoms. The second-order valence-corrected chi connectivity index (χ2v) is 6.47. The molecule has 0 unspecified atom stereocenters. The van der Waals surface area contributed by atoms with E-state index < -0.39 is 0 Å². The molecule has 0 radical (unpaired) electrons. The van der Waals surface area contributed by atoms with Crippen LogP contribution in [0.4, 0.5) is 0 Å². The van der Waals surface area contributed by atoms with E-state index in [1.54, 1.807) is 30.5 Å². The first-order chi connectivity index (χ1) is 13.7. The van der Waals surface area contributed by atoms with Gasteiger partial charge in [0.05, 0.1) is 23.6 Å². The Balaban J connectivity index is 1.96. The minimum absolute atomic E-state index is 0.0287. The highest BCUT2D eigenvalue weighted by molar-refractivity contribution is 6.02. The maximum Gasteiger partial charge on any atom is 0.168 e. The number of carbonyl (C=O) groups is 2. The third-order valence-corrected chi connectivity index (χ3v) is 4.81. The average molecular weight is 364 g/mol. The third-order valence-electron chi connectivity index (χ3n) is 4.81. The van der Waals surface area contributed by atoms with Crippen LogP contribution < -0.4 is 0 Å². The number of fused-ring (bicyclic) bond motifs is 1. The molecule has 0 aliphatic carbocycles. The first-order valence-corrected chi connectivity index (χ1v) is 8.89. The number of aldehydes is 1. The van der Waals surface area contributed by atoms with Gasteiger partial charge in [0.25, 0.3) is 0 Å². The van der Waals surface area contributed by atoms with Crippen molar-refractivity contribution in [3.05, 3.63) is 101 Å². The van der Waals surface area contributed by atoms with Crippen molar-refractivity contribution >= 4 is 17.6 Å². The summed E-state index contributed by atoms with van der Waals surface area (Å²) >= 11 is 0. The SMILES string of the molecule is N#Cc1ccn2c(CC(=O)c3ccccc3)c(-c3ccccc3)c(C=O)c2c1. The van der Waals surface area contributed by atoms with Gasteiger partial charge in [-0.1, -0.05) is 60.7 Å². The molecule has 0 fully saturated rings. The van der Waals surface area contributed by atoms with Crippen LogP contribution in [0.1, 0.15) is 32.0 Å². The summed E-state index contributed by atoms with van der Waals surface area (Å²) in [7, 11) is 0. The molecule has 0 atom stereocenters. The number of rotatable bonds is 5. The van der Waals surface area contributed by atoms with Gasteiger partial charge in [-0.3, -0.25) is 9.59 Å². The average Bonchev–Trinajstić information content (AvgIpc) is 3.07. The predicted octanol–water partition coefficient (Wildman–Crippen LogP) is 4.72. The molecule has 2 aromatic heterocycles. The molecule has 4 heteroatoms. The van der Waals surface area contributed by atoms with Gasteiger partial charge in [-0.25, -0.2) is 0 Å². The van der Waals surface area contributed by atoms with Crippen molar-refractivity contribution in [1.82, 2.24) is 4.40 Å². The number of nitriles is 1. The Morgan fingerprint density at radius 3 is 2.32 bits per heavy atom. The molecular formula is C24H16N2O2. The van der Waals surface area contributed by atoms with Crippen molar-refractivity contribution in [3.8, 4) is 17.2 Å². The lowest BCUT2D eigenvalue weighted by atomic mass is 9.97. The largest absolute Gasteiger partial charge is 0.319 e. The number of pyridine rings is 1. The Kier molecular flexibility index (Phi) is 4.57. The van der Waals surface area contributed by atoms with Crippen molar-refractivity contribution in [1.29, 1.82) is 5.26 Å². The molecule has 0 N–H and O–H groups in total. The summed E-state index contributed by atoms with van der Waals surface area (Å²) in [5.74, 6) is -0.0287. The Hall–Kier alpha value is -3.97. The Labute approximate surface area is 162 Å². The topological polar surface area (TPSA) is 62.3 Å². The van der Waals surface area contributed by atoms with E-state index in [0.717, 1.165) is 23.1 Å². The first-order valence-electron chi connectivity index (χ1n) is 8.89. The summed E-state index contributed by atoms with van der Waals surface area (Å²) in [6.07, 6.45) is 2.70. The minimum atomic E-state index is -0.0287. The quantitative estimate of drug-likeness (QED) is 0.380. The fourth-order valence-corrected chi connectivity index (χ4v) is 3.51. The maximum absolute atomic E-state index is 12.9. The highest BCUT2D eigenvalue weighted by atomic mass is 16.1. The molecule has 0 saturated heterocycles. The van der Waals surface area contributed by atoms with E-state index in [0.29, 0.717) is 22.2 Å². The molecule has 4 rings (SSSR count). The van der Waals surface area contributed by atoms with Crippen molar-refractivity contribution < 1.29 is 9.59 Å². The van der Waals surface area contributed by atoms with E-state index in [1.807, 2.05) is 52.9 Å². The van der Waals surface area contributed by atoms with Crippen LogP contribution >= 0.6 is 0 Å². The normalized spacial score (nSPS) is 10.5. The number of ketones is 1. The van der Waals surface area contributed by atoms with Gasteiger partial charge >= 0.3 is 0 Å². The summed E-state index contributed by atoms with van der Waals surface area (Å²) in [4.78, 5) is 24.9. The molecule has 2 heterocycles. The van der Waals surface area contributed by atoms with Crippen molar-refractivity contribution in [2.24, 2.45) is 0 Å². The number of hydrogen-bond donors (Lipinski definition) is 0. The maximum atomic E-state index is 12.9. The predicted molar refractivity (Wildman–Crippen MR) is 107 cm³/mol. The lowest BCUT2D eigenvalue weighted by molar-refractivity contribution is 0.0991. The zero-order chi connectivity index (χ0) is 19.5. The van der Waals surface area contributed by atoms with E-state index in [4.69, 9.17) is 0 Å². The highest BCUT2D eigenvalue weighted by Crippen LogP contribution is 2.33. The monoisotopic (exact) mass is 364 g/mol. The van der Waals surface area contributed by atoms with Crippen LogP contribution in [0.15, 0.2) is 79.0 Å². The van der Waals surface area contributed by atoms with E-state index in [-0.39, 0.29) is 12.2 Å². The molecule has 134 valence electrons. The van der Waals surface area contributed by atoms with Gasteiger partial charge in [0.1, 0.15) is 0 Å². The standard InChI is InChI=1S/C24H16N2O2/c25-15-17-11-12-26-21(13-17)20(16-27)24(19-9-5-2-6-10-19)22(26)14-23(28)18-7-3-1-4-8-18/h1-13,16H,14H2. The summed E-state index contributed by atoms with van der Waals surface area (Å²) in [5.41, 5.74) is 4.54. The third kappa shape index (κ3) is 3.00. The van der Waals surface area contributed by atoms with E-state index in [1.165, 1.54) is 0 Å². The van der Waals surface area contributed by atoms with Crippen LogP contribution in [0.5, 0.6) is 0 Å². The number of carbonyl (C=O) groups excluding carboxylic acids is 2. The van der Waals surface area contributed by atoms with Crippen LogP contribution in [-0.4, -0.2) is 16.5 Å². The number of benzene rings is 2. The van der Waals surface area contributed by atoms with E-state index >= 15 is 0 Å². The minimum Gasteiger partial charge on any atom is -0.319 e. The van der Waals surface area contributed by atoms with Gasteiger partial charge in [-0.05, 0) is 17.7 Å². The molecule has 4 aromatic rings. The van der Waals surface area contributed by atoms with Crippen molar-refractivity contribution in [3.63, 3.8) is 0 Å². The molecular weight excluding hydrogens is 348 g/mol. The van der Waals surface area contributed by atoms with Crippen molar-refractivity contribution in [2.75, 3.05) is 0 Å². The van der Waals surface area contributed by atoms with Crippen LogP contribution in [0.25, 0.3) is 16.6 Å². The smallest absolute Gasteiger partial charge is 0.168 e. The Bertz CT molecular complexity index is 1220. The second kappa shape index (κ2) is 7.34. The fraction of sp³-hybridized carbons (Fsp3) is 0.0417. The second-order valence-electron chi connectivity index (χ2n) is 6.47. The molecule has 0 aliphatic rings. The van der Waals surface area contributed by atoms with E-state index in [9.17, 15) is 14.9 Å². The van der Waals surface area contributed by atoms with Crippen LogP contribution in [0.3, 0.4) is 0 Å². The summed E-state index contributed by atoms with van der Waals surface area (Å²) in [5, 5.41) is 9.25. The number of hydrogen-bond acceptors (Lipinski definition) is 3. The van der Waals surface area contributed by atoms with Crippen LogP contribution in [0.2, 0.25) is 0 Å².